The number of hydrogen-bond acceptors (Lipinski definition) is 10. The van der Waals surface area contributed by atoms with Crippen LogP contribution in [-0.2, 0) is 35.3 Å². The van der Waals surface area contributed by atoms with Crippen LogP contribution in [0.2, 0.25) is 18.6 Å². The number of fused-ring (bicyclic) bond motifs is 2. The van der Waals surface area contributed by atoms with Crippen molar-refractivity contribution in [1.82, 2.24) is 40.5 Å². The number of hydrogen-bond donors (Lipinski definition) is 2. The van der Waals surface area contributed by atoms with E-state index in [1.54, 1.807) is 9.91 Å². The molecular formula is C46H65ClN10O2Sn. The zero-order valence-corrected chi connectivity index (χ0v) is 39.8. The van der Waals surface area contributed by atoms with E-state index < -0.39 is 18.4 Å². The van der Waals surface area contributed by atoms with Gasteiger partial charge in [0.1, 0.15) is 17.3 Å². The molecule has 0 saturated carbocycles. The first-order valence-electron chi connectivity index (χ1n) is 22.6. The van der Waals surface area contributed by atoms with Gasteiger partial charge in [-0.15, -0.1) is 0 Å². The van der Waals surface area contributed by atoms with Crippen molar-refractivity contribution >= 4 is 57.1 Å². The van der Waals surface area contributed by atoms with Crippen molar-refractivity contribution in [2.24, 2.45) is 0 Å². The van der Waals surface area contributed by atoms with Gasteiger partial charge in [-0.3, -0.25) is 14.6 Å². The molecule has 12 nitrogen and oxygen atoms in total. The Morgan fingerprint density at radius 3 is 1.68 bits per heavy atom. The van der Waals surface area contributed by atoms with Crippen LogP contribution >= 0.6 is 11.6 Å². The predicted octanol–water partition coefficient (Wildman–Crippen LogP) is 7.44. The average molecular weight is 944 g/mol. The summed E-state index contributed by atoms with van der Waals surface area (Å²) >= 11 is 3.77. The first-order valence-corrected chi connectivity index (χ1v) is 30.5. The minimum atomic E-state index is -2.21. The maximum atomic E-state index is 11.9. The van der Waals surface area contributed by atoms with Crippen molar-refractivity contribution in [1.29, 1.82) is 0 Å². The van der Waals surface area contributed by atoms with Crippen LogP contribution in [0.1, 0.15) is 107 Å². The smallest absolute Gasteiger partial charge is 0.239 e. The van der Waals surface area contributed by atoms with E-state index in [1.165, 1.54) is 63.0 Å². The molecule has 0 spiro atoms. The predicted molar refractivity (Wildman–Crippen MR) is 245 cm³/mol. The van der Waals surface area contributed by atoms with Gasteiger partial charge in [0.25, 0.3) is 0 Å². The third-order valence-corrected chi connectivity index (χ3v) is 27.4. The number of anilines is 2. The molecule has 0 radical (unpaired) electrons. The molecule has 2 amide bonds. The quantitative estimate of drug-likeness (QED) is 0.103. The average Bonchev–Trinajstić information content (AvgIpc) is 3.84. The molecule has 0 bridgehead atoms. The van der Waals surface area contributed by atoms with Gasteiger partial charge in [-0.2, -0.15) is 0 Å². The third-order valence-electron chi connectivity index (χ3n) is 12.0. The second-order valence-corrected chi connectivity index (χ2v) is 29.9. The zero-order valence-electron chi connectivity index (χ0n) is 36.2. The molecular weight excluding hydrogens is 879 g/mol. The van der Waals surface area contributed by atoms with Crippen LogP contribution in [0.25, 0.3) is 11.5 Å². The van der Waals surface area contributed by atoms with Crippen molar-refractivity contribution in [3.63, 3.8) is 0 Å². The number of carbonyl (C=O) groups excluding carboxylic acids is 2. The summed E-state index contributed by atoms with van der Waals surface area (Å²) in [5.74, 6) is 2.55. The van der Waals surface area contributed by atoms with Gasteiger partial charge in [0.15, 0.2) is 5.82 Å². The van der Waals surface area contributed by atoms with Gasteiger partial charge in [-0.05, 0) is 75.1 Å². The maximum Gasteiger partial charge on any atom is 0.239 e. The van der Waals surface area contributed by atoms with Gasteiger partial charge in [0.2, 0.25) is 17.1 Å². The van der Waals surface area contributed by atoms with Crippen molar-refractivity contribution in [2.75, 3.05) is 49.1 Å². The molecule has 0 atom stereocenters. The van der Waals surface area contributed by atoms with Crippen molar-refractivity contribution in [3.05, 3.63) is 76.6 Å². The largest absolute Gasteiger partial charge is 0.354 e. The fraction of sp³-hybridized carbons (Fsp3) is 0.565. The normalized spacial score (nSPS) is 16.3. The van der Waals surface area contributed by atoms with Crippen LogP contribution in [0.15, 0.2) is 48.8 Å². The summed E-state index contributed by atoms with van der Waals surface area (Å²) in [5, 5.41) is 6.08. The topological polar surface area (TPSA) is 142 Å². The maximum absolute atomic E-state index is 11.9. The summed E-state index contributed by atoms with van der Waals surface area (Å²) in [6.07, 6.45) is 20.0. The Bertz CT molecular complexity index is 1970. The number of unbranched alkanes of at least 4 members (excludes halogenated alkanes) is 3. The van der Waals surface area contributed by atoms with Crippen LogP contribution in [0.3, 0.4) is 0 Å². The molecule has 60 heavy (non-hydrogen) atoms. The van der Waals surface area contributed by atoms with Crippen LogP contribution in [-0.4, -0.2) is 99.4 Å². The summed E-state index contributed by atoms with van der Waals surface area (Å²) in [6, 6.07) is 12.4. The van der Waals surface area contributed by atoms with E-state index in [0.717, 1.165) is 106 Å². The van der Waals surface area contributed by atoms with E-state index in [0.29, 0.717) is 18.9 Å². The molecule has 2 N–H and O–H groups in total. The van der Waals surface area contributed by atoms with Gasteiger partial charge in [0.05, 0.1) is 18.8 Å². The number of carbonyl (C=O) groups is 2. The summed E-state index contributed by atoms with van der Waals surface area (Å²) in [7, 11) is 0. The Kier molecular flexibility index (Phi) is 17.7. The minimum Gasteiger partial charge on any atom is -0.354 e. The second kappa shape index (κ2) is 23.3. The number of aromatic nitrogens is 6. The summed E-state index contributed by atoms with van der Waals surface area (Å²) in [5.41, 5.74) is 5.33. The summed E-state index contributed by atoms with van der Waals surface area (Å²) in [6.45, 7) is 10.8. The molecule has 4 aromatic heterocycles. The molecule has 14 heteroatoms. The first kappa shape index (κ1) is 45.6. The van der Waals surface area contributed by atoms with E-state index in [2.05, 4.69) is 69.5 Å². The minimum absolute atomic E-state index is 0.0500. The monoisotopic (exact) mass is 944 g/mol. The Morgan fingerprint density at radius 1 is 0.633 bits per heavy atom. The molecule has 2 aliphatic carbocycles. The zero-order chi connectivity index (χ0) is 42.2. The number of pyridine rings is 2. The van der Waals surface area contributed by atoms with Gasteiger partial charge < -0.3 is 20.4 Å². The Hall–Kier alpha value is -3.91. The van der Waals surface area contributed by atoms with Crippen LogP contribution in [0, 0.1) is 0 Å². The SMILES string of the molecule is CCC[CH2][Sn]([CH2]CCC)([CH2]CCC)[c]1ccccn1.O=C1CN(c2nc(-c3ccccn3)nc3c2CCC3)CCCN1.O=C1CN(c2nc(Cl)nc3c2CCC3)CCCN1. The van der Waals surface area contributed by atoms with Gasteiger partial charge in [-0.25, -0.2) is 19.9 Å². The molecule has 4 aromatic rings. The second-order valence-electron chi connectivity index (χ2n) is 16.5. The Labute approximate surface area is 366 Å². The van der Waals surface area contributed by atoms with Crippen molar-refractivity contribution in [2.45, 2.75) is 124 Å². The number of halogens is 1. The van der Waals surface area contributed by atoms with Crippen LogP contribution < -0.4 is 24.1 Å². The molecule has 2 aliphatic heterocycles. The molecule has 322 valence electrons. The number of nitrogens with one attached hydrogen (secondary N) is 2. The van der Waals surface area contributed by atoms with Crippen molar-refractivity contribution < 1.29 is 9.59 Å². The molecule has 4 aliphatic rings. The van der Waals surface area contributed by atoms with Gasteiger partial charge in [0, 0.05) is 49.2 Å². The molecule has 2 fully saturated rings. The fourth-order valence-corrected chi connectivity index (χ4v) is 24.5. The number of nitrogens with zero attached hydrogens (tertiary/aromatic N) is 8. The third kappa shape index (κ3) is 12.4. The van der Waals surface area contributed by atoms with E-state index in [-0.39, 0.29) is 17.1 Å². The van der Waals surface area contributed by atoms with Crippen LogP contribution in [0.4, 0.5) is 11.6 Å². The summed E-state index contributed by atoms with van der Waals surface area (Å²) in [4.78, 5) is 55.0. The van der Waals surface area contributed by atoms with E-state index >= 15 is 0 Å². The summed E-state index contributed by atoms with van der Waals surface area (Å²) < 4.78 is 6.10. The van der Waals surface area contributed by atoms with E-state index in [4.69, 9.17) is 26.6 Å². The van der Waals surface area contributed by atoms with E-state index in [1.807, 2.05) is 29.3 Å². The van der Waals surface area contributed by atoms with E-state index in [9.17, 15) is 9.59 Å². The molecule has 6 heterocycles. The van der Waals surface area contributed by atoms with Gasteiger partial charge >= 0.3 is 124 Å². The number of rotatable bonds is 13. The molecule has 8 rings (SSSR count). The number of aryl methyl sites for hydroxylation is 2. The standard InChI is InChI=1S/C17H19N5O.C12H15ClN4O.C5H4N.3C4H9.Sn/c23-15-11-22(10-4-9-19-15)17-12-5-3-7-13(12)20-16(21-17)14-6-1-2-8-18-14;13-12-15-9-4-1-3-8(9)11(16-12)17-6-2-5-14-10(18)7-17;1-2-4-6-5-3-1;3*1-3-4-2;/h1-2,6,8H,3-5,7,9-11H2,(H,19,23);1-7H2,(H,14,18);1-4H;3*1,3-4H2,2H3;. The Balaban J connectivity index is 0.000000153. The first-order chi connectivity index (χ1) is 29.3. The van der Waals surface area contributed by atoms with Gasteiger partial charge in [-0.1, -0.05) is 6.07 Å². The molecule has 0 unspecified atom stereocenters. The Morgan fingerprint density at radius 2 is 1.17 bits per heavy atom. The number of amides is 2. The fourth-order valence-electron chi connectivity index (χ4n) is 8.88. The van der Waals surface area contributed by atoms with Crippen molar-refractivity contribution in [3.8, 4) is 11.5 Å². The molecule has 0 aromatic carbocycles. The van der Waals surface area contributed by atoms with Crippen LogP contribution in [0.5, 0.6) is 0 Å². The molecule has 2 saturated heterocycles.